The summed E-state index contributed by atoms with van der Waals surface area (Å²) in [5.41, 5.74) is 18.2. The van der Waals surface area contributed by atoms with Gasteiger partial charge in [0.25, 0.3) is 0 Å². The summed E-state index contributed by atoms with van der Waals surface area (Å²) in [5, 5.41) is 5.53. The molecule has 5 aromatic heterocycles. The van der Waals surface area contributed by atoms with Gasteiger partial charge in [-0.15, -0.1) is 0 Å². The molecular formula is C54H33N5. The summed E-state index contributed by atoms with van der Waals surface area (Å²) in [7, 11) is 0. The quantitative estimate of drug-likeness (QED) is 0.168. The SMILES string of the molecule is C1=CC2=C(c3ccc(-c4nc5ccccc5c5c4ccn4cc(-c6ccccc6)nc54)cc3)C=CC3=CC=C4C(c5cc6cccnc6c6ncccc56)=CC=C1C4C32. The standard InChI is InChI=1S/C54H33N5/c1-2-8-33(9-3-1)47-31-59-29-26-44-50(54(59)58-47)43-11-4-5-13-46(43)57-51(44)36-16-14-32(15-17-36)38-22-18-34-21-25-41-39(23-19-35-20-24-40(38)48(34)49(35)41)45-30-37-10-6-27-55-52(37)53-42(45)12-7-28-56-53/h1-31,48-49H. The van der Waals surface area contributed by atoms with E-state index in [-0.39, 0.29) is 11.8 Å². The highest BCUT2D eigenvalue weighted by Crippen LogP contribution is 2.54. The van der Waals surface area contributed by atoms with Crippen molar-refractivity contribution in [1.82, 2.24) is 24.3 Å². The van der Waals surface area contributed by atoms with Crippen LogP contribution >= 0.6 is 0 Å². The predicted octanol–water partition coefficient (Wildman–Crippen LogP) is 12.5. The van der Waals surface area contributed by atoms with E-state index in [4.69, 9.17) is 19.9 Å². The fourth-order valence-corrected chi connectivity index (χ4v) is 10.0. The van der Waals surface area contributed by atoms with Gasteiger partial charge < -0.3 is 4.40 Å². The largest absolute Gasteiger partial charge is 0.306 e. The number of hydrogen-bond donors (Lipinski definition) is 0. The molecule has 274 valence electrons. The van der Waals surface area contributed by atoms with Gasteiger partial charge in [-0.3, -0.25) is 9.97 Å². The average Bonchev–Trinajstić information content (AvgIpc) is 3.75. The van der Waals surface area contributed by atoms with Crippen LogP contribution < -0.4 is 0 Å². The third kappa shape index (κ3) is 4.79. The number of para-hydroxylation sites is 1. The Balaban J connectivity index is 0.903. The van der Waals surface area contributed by atoms with Gasteiger partial charge in [-0.2, -0.15) is 0 Å². The highest BCUT2D eigenvalue weighted by Gasteiger charge is 2.41. The summed E-state index contributed by atoms with van der Waals surface area (Å²) < 4.78 is 2.14. The first kappa shape index (κ1) is 32.3. The second kappa shape index (κ2) is 12.4. The normalized spacial score (nSPS) is 18.0. The van der Waals surface area contributed by atoms with Crippen LogP contribution in [-0.4, -0.2) is 24.3 Å². The molecule has 0 N–H and O–H groups in total. The van der Waals surface area contributed by atoms with Gasteiger partial charge in [-0.05, 0) is 74.9 Å². The smallest absolute Gasteiger partial charge is 0.146 e. The molecule has 5 nitrogen and oxygen atoms in total. The van der Waals surface area contributed by atoms with E-state index >= 15 is 0 Å². The van der Waals surface area contributed by atoms with Crippen molar-refractivity contribution in [2.24, 2.45) is 11.8 Å². The van der Waals surface area contributed by atoms with Gasteiger partial charge in [-0.1, -0.05) is 134 Å². The van der Waals surface area contributed by atoms with Crippen molar-refractivity contribution in [3.05, 3.63) is 222 Å². The first-order chi connectivity index (χ1) is 29.2. The zero-order chi connectivity index (χ0) is 38.6. The van der Waals surface area contributed by atoms with Crippen LogP contribution in [0.5, 0.6) is 0 Å². The summed E-state index contributed by atoms with van der Waals surface area (Å²) in [6.45, 7) is 0. The summed E-state index contributed by atoms with van der Waals surface area (Å²) in [5.74, 6) is 0.450. The molecule has 4 aromatic carbocycles. The number of nitrogens with zero attached hydrogens (tertiary/aromatic N) is 5. The van der Waals surface area contributed by atoms with E-state index in [1.165, 1.54) is 44.6 Å². The Morgan fingerprint density at radius 3 is 2.22 bits per heavy atom. The number of pyridine rings is 4. The molecule has 0 saturated carbocycles. The van der Waals surface area contributed by atoms with Gasteiger partial charge in [0.05, 0.1) is 27.9 Å². The number of hydrogen-bond acceptors (Lipinski definition) is 4. The van der Waals surface area contributed by atoms with Gasteiger partial charge in [0.1, 0.15) is 5.65 Å². The van der Waals surface area contributed by atoms with Crippen LogP contribution in [0, 0.1) is 11.8 Å². The molecule has 9 aromatic rings. The van der Waals surface area contributed by atoms with E-state index in [9.17, 15) is 0 Å². The number of aromatic nitrogens is 5. The maximum absolute atomic E-state index is 5.29. The van der Waals surface area contributed by atoms with Gasteiger partial charge >= 0.3 is 0 Å². The van der Waals surface area contributed by atoms with E-state index in [2.05, 4.69) is 162 Å². The first-order valence-electron chi connectivity index (χ1n) is 20.2. The van der Waals surface area contributed by atoms with Crippen molar-refractivity contribution in [3.63, 3.8) is 0 Å². The first-order valence-corrected chi connectivity index (χ1v) is 20.2. The third-order valence-corrected chi connectivity index (χ3v) is 12.7. The molecule has 2 unspecified atom stereocenters. The van der Waals surface area contributed by atoms with Crippen LogP contribution in [0.15, 0.2) is 211 Å². The Hall–Kier alpha value is -7.76. The van der Waals surface area contributed by atoms with Crippen LogP contribution in [0.4, 0.5) is 0 Å². The lowest BCUT2D eigenvalue weighted by Crippen LogP contribution is -2.30. The van der Waals surface area contributed by atoms with Crippen LogP contribution in [0.1, 0.15) is 11.1 Å². The molecule has 59 heavy (non-hydrogen) atoms. The van der Waals surface area contributed by atoms with E-state index in [1.807, 2.05) is 30.6 Å². The molecular weight excluding hydrogens is 719 g/mol. The number of imidazole rings is 1. The zero-order valence-electron chi connectivity index (χ0n) is 31.8. The number of allylic oxidation sites excluding steroid dienone is 14. The lowest BCUT2D eigenvalue weighted by Gasteiger charge is -2.42. The molecule has 0 spiro atoms. The molecule has 0 aliphatic heterocycles. The van der Waals surface area contributed by atoms with Crippen LogP contribution in [0.3, 0.4) is 0 Å². The lowest BCUT2D eigenvalue weighted by atomic mass is 9.61. The maximum Gasteiger partial charge on any atom is 0.146 e. The van der Waals surface area contributed by atoms with E-state index < -0.39 is 0 Å². The van der Waals surface area contributed by atoms with Crippen molar-refractivity contribution < 1.29 is 0 Å². The Morgan fingerprint density at radius 2 is 1.31 bits per heavy atom. The predicted molar refractivity (Wildman–Crippen MR) is 240 cm³/mol. The van der Waals surface area contributed by atoms with Crippen molar-refractivity contribution in [2.45, 2.75) is 0 Å². The van der Waals surface area contributed by atoms with Crippen molar-refractivity contribution in [3.8, 4) is 22.5 Å². The Kier molecular flexibility index (Phi) is 6.78. The Morgan fingerprint density at radius 1 is 0.542 bits per heavy atom. The average molecular weight is 752 g/mol. The monoisotopic (exact) mass is 751 g/mol. The third-order valence-electron chi connectivity index (χ3n) is 12.7. The van der Waals surface area contributed by atoms with E-state index in [0.717, 1.165) is 71.6 Å². The minimum atomic E-state index is 0.223. The summed E-state index contributed by atoms with van der Waals surface area (Å²) in [4.78, 5) is 20.0. The molecule has 4 aliphatic carbocycles. The molecule has 4 aliphatic rings. The summed E-state index contributed by atoms with van der Waals surface area (Å²) >= 11 is 0. The van der Waals surface area contributed by atoms with Gasteiger partial charge in [-0.25, -0.2) is 9.97 Å². The summed E-state index contributed by atoms with van der Waals surface area (Å²) in [6, 6.07) is 40.7. The second-order valence-electron chi connectivity index (χ2n) is 15.8. The highest BCUT2D eigenvalue weighted by molar-refractivity contribution is 6.17. The van der Waals surface area contributed by atoms with Crippen molar-refractivity contribution >= 4 is 60.3 Å². The molecule has 5 heteroatoms. The molecule has 0 bridgehead atoms. The molecule has 0 fully saturated rings. The molecule has 0 radical (unpaired) electrons. The van der Waals surface area contributed by atoms with Crippen molar-refractivity contribution in [1.29, 1.82) is 0 Å². The second-order valence-corrected chi connectivity index (χ2v) is 15.8. The van der Waals surface area contributed by atoms with Crippen LogP contribution in [0.25, 0.3) is 82.8 Å². The Labute approximate surface area is 339 Å². The highest BCUT2D eigenvalue weighted by atomic mass is 15.0. The zero-order valence-corrected chi connectivity index (χ0v) is 31.8. The maximum atomic E-state index is 5.29. The number of rotatable bonds is 4. The van der Waals surface area contributed by atoms with Gasteiger partial charge in [0.15, 0.2) is 0 Å². The molecule has 0 amide bonds. The molecule has 0 saturated heterocycles. The molecule has 5 heterocycles. The van der Waals surface area contributed by atoms with Gasteiger partial charge in [0, 0.05) is 74.7 Å². The lowest BCUT2D eigenvalue weighted by molar-refractivity contribution is 0.569. The van der Waals surface area contributed by atoms with E-state index in [0.29, 0.717) is 0 Å². The Bertz CT molecular complexity index is 3540. The molecule has 2 atom stereocenters. The van der Waals surface area contributed by atoms with Crippen LogP contribution in [-0.2, 0) is 0 Å². The molecule has 13 rings (SSSR count). The fraction of sp³-hybridized carbons (Fsp3) is 0.0370. The van der Waals surface area contributed by atoms with E-state index in [1.54, 1.807) is 0 Å². The topological polar surface area (TPSA) is 56.0 Å². The minimum absolute atomic E-state index is 0.223. The minimum Gasteiger partial charge on any atom is -0.306 e. The van der Waals surface area contributed by atoms with Gasteiger partial charge in [0.2, 0.25) is 0 Å². The van der Waals surface area contributed by atoms with Crippen molar-refractivity contribution in [2.75, 3.05) is 0 Å². The number of fused-ring (bicyclic) bond motifs is 8. The number of benzene rings is 4. The summed E-state index contributed by atoms with van der Waals surface area (Å²) in [6.07, 6.45) is 26.6. The van der Waals surface area contributed by atoms with Crippen LogP contribution in [0.2, 0.25) is 0 Å². The fourth-order valence-electron chi connectivity index (χ4n) is 10.0.